The molecule has 1 unspecified atom stereocenters. The second kappa shape index (κ2) is 5.82. The Kier molecular flexibility index (Phi) is 3.92. The van der Waals surface area contributed by atoms with Crippen LogP contribution in [-0.2, 0) is 14.5 Å². The molecule has 3 rings (SSSR count). The molecule has 0 saturated carbocycles. The lowest BCUT2D eigenvalue weighted by molar-refractivity contribution is -0.115. The van der Waals surface area contributed by atoms with Gasteiger partial charge in [-0.2, -0.15) is 4.36 Å². The van der Waals surface area contributed by atoms with Gasteiger partial charge in [-0.1, -0.05) is 0 Å². The molecule has 8 heteroatoms. The predicted octanol–water partition coefficient (Wildman–Crippen LogP) is 2.65. The van der Waals surface area contributed by atoms with Crippen LogP contribution in [0.1, 0.15) is 17.3 Å². The highest BCUT2D eigenvalue weighted by atomic mass is 32.2. The maximum absolute atomic E-state index is 12.7. The summed E-state index contributed by atoms with van der Waals surface area (Å²) in [6, 6.07) is 8.33. The van der Waals surface area contributed by atoms with Crippen LogP contribution in [0.3, 0.4) is 0 Å². The Morgan fingerprint density at radius 2 is 1.68 bits per heavy atom. The van der Waals surface area contributed by atoms with Crippen molar-refractivity contribution in [3.8, 4) is 0 Å². The Morgan fingerprint density at radius 1 is 1.08 bits per heavy atom. The summed E-state index contributed by atoms with van der Waals surface area (Å²) in [6.45, 7) is 1.19. The van der Waals surface area contributed by atoms with Gasteiger partial charge in [-0.05, 0) is 36.4 Å². The maximum atomic E-state index is 12.7. The van der Waals surface area contributed by atoms with Crippen LogP contribution in [0.25, 0.3) is 21.9 Å². The van der Waals surface area contributed by atoms with E-state index < -0.39 is 27.0 Å². The van der Waals surface area contributed by atoms with Crippen LogP contribution < -0.4 is 5.43 Å². The van der Waals surface area contributed by atoms with Crippen molar-refractivity contribution in [2.24, 2.45) is 4.36 Å². The number of carboxylic acids is 1. The molecule has 0 aliphatic heterocycles. The number of amides is 1. The molecule has 7 nitrogen and oxygen atoms in total. The molecule has 1 aromatic heterocycles. The van der Waals surface area contributed by atoms with E-state index in [1.54, 1.807) is 0 Å². The molecule has 25 heavy (non-hydrogen) atoms. The van der Waals surface area contributed by atoms with Gasteiger partial charge in [0.05, 0.1) is 26.1 Å². The highest BCUT2D eigenvalue weighted by Crippen LogP contribution is 2.23. The average Bonchev–Trinajstić information content (AvgIpc) is 2.53. The Hall–Kier alpha value is -3.00. The van der Waals surface area contributed by atoms with E-state index in [2.05, 4.69) is 4.36 Å². The van der Waals surface area contributed by atoms with E-state index in [9.17, 15) is 18.6 Å². The molecule has 0 bridgehead atoms. The first-order chi connectivity index (χ1) is 11.7. The van der Waals surface area contributed by atoms with Crippen LogP contribution in [0.4, 0.5) is 0 Å². The molecule has 3 aromatic rings. The molecule has 0 aliphatic rings. The van der Waals surface area contributed by atoms with E-state index in [0.29, 0.717) is 0 Å². The predicted molar refractivity (Wildman–Crippen MR) is 92.4 cm³/mol. The summed E-state index contributed by atoms with van der Waals surface area (Å²) < 4.78 is 21.8. The van der Waals surface area contributed by atoms with Gasteiger partial charge in [-0.25, -0.2) is 9.00 Å². The zero-order chi connectivity index (χ0) is 18.4. The van der Waals surface area contributed by atoms with Crippen LogP contribution in [-0.4, -0.2) is 27.4 Å². The Labute approximate surface area is 142 Å². The van der Waals surface area contributed by atoms with E-state index in [1.807, 2.05) is 0 Å². The highest BCUT2D eigenvalue weighted by molar-refractivity contribution is 7.93. The van der Waals surface area contributed by atoms with Gasteiger partial charge in [0.1, 0.15) is 11.2 Å². The number of hydrogen-bond acceptors (Lipinski definition) is 5. The fourth-order valence-corrected chi connectivity index (χ4v) is 3.76. The third kappa shape index (κ3) is 3.03. The third-order valence-electron chi connectivity index (χ3n) is 3.63. The van der Waals surface area contributed by atoms with Crippen LogP contribution in [0.2, 0.25) is 0 Å². The largest absolute Gasteiger partial charge is 0.478 e. The van der Waals surface area contributed by atoms with Crippen molar-refractivity contribution in [1.29, 1.82) is 0 Å². The van der Waals surface area contributed by atoms with Crippen LogP contribution >= 0.6 is 0 Å². The number of carbonyl (C=O) groups excluding carboxylic acids is 1. The van der Waals surface area contributed by atoms with Crippen LogP contribution in [0, 0.1) is 0 Å². The van der Waals surface area contributed by atoms with E-state index >= 15 is 0 Å². The van der Waals surface area contributed by atoms with Crippen molar-refractivity contribution >= 4 is 43.5 Å². The first kappa shape index (κ1) is 16.8. The van der Waals surface area contributed by atoms with Crippen molar-refractivity contribution in [1.82, 2.24) is 0 Å². The average molecular weight is 359 g/mol. The highest BCUT2D eigenvalue weighted by Gasteiger charge is 2.14. The maximum Gasteiger partial charge on any atom is 0.335 e. The van der Waals surface area contributed by atoms with Gasteiger partial charge in [0.25, 0.3) is 5.91 Å². The Morgan fingerprint density at radius 3 is 2.28 bits per heavy atom. The lowest BCUT2D eigenvalue weighted by atomic mass is 10.1. The summed E-state index contributed by atoms with van der Waals surface area (Å²) in [6.07, 6.45) is 1.31. The molecule has 0 radical (unpaired) electrons. The molecule has 1 atom stereocenters. The first-order valence-corrected chi connectivity index (χ1v) is 9.08. The molecule has 128 valence electrons. The van der Waals surface area contributed by atoms with Crippen molar-refractivity contribution in [3.05, 3.63) is 52.2 Å². The molecular weight excluding hydrogens is 346 g/mol. The van der Waals surface area contributed by atoms with Crippen LogP contribution in [0.15, 0.2) is 54.9 Å². The summed E-state index contributed by atoms with van der Waals surface area (Å²) in [5.41, 5.74) is 0.0312. The van der Waals surface area contributed by atoms with E-state index in [-0.39, 0.29) is 32.4 Å². The minimum Gasteiger partial charge on any atom is -0.478 e. The monoisotopic (exact) mass is 359 g/mol. The normalized spacial score (nSPS) is 13.5. The van der Waals surface area contributed by atoms with Gasteiger partial charge in [0, 0.05) is 18.1 Å². The van der Waals surface area contributed by atoms with Gasteiger partial charge >= 0.3 is 5.97 Å². The molecule has 0 spiro atoms. The first-order valence-electron chi connectivity index (χ1n) is 7.16. The zero-order valence-corrected chi connectivity index (χ0v) is 14.1. The van der Waals surface area contributed by atoms with Crippen LogP contribution in [0.5, 0.6) is 0 Å². The molecule has 2 aromatic carbocycles. The van der Waals surface area contributed by atoms with Crippen molar-refractivity contribution < 1.29 is 23.3 Å². The van der Waals surface area contributed by atoms with Gasteiger partial charge < -0.3 is 9.52 Å². The number of aromatic carboxylic acids is 1. The SMILES string of the molecule is CC(=O)N=S(C)(=O)c1ccc2oc3ccc(C(=O)O)cc3c(=O)c2c1. The number of fused-ring (bicyclic) bond motifs is 2. The fraction of sp³-hybridized carbons (Fsp3) is 0.118. The third-order valence-corrected chi connectivity index (χ3v) is 5.36. The summed E-state index contributed by atoms with van der Waals surface area (Å²) >= 11 is 0. The van der Waals surface area contributed by atoms with E-state index in [0.717, 1.165) is 0 Å². The van der Waals surface area contributed by atoms with Crippen molar-refractivity contribution in [2.45, 2.75) is 11.8 Å². The Balaban J connectivity index is 2.36. The molecule has 1 heterocycles. The standard InChI is InChI=1S/C17H13NO6S/c1-9(19)18-25(2,23)11-4-6-15-13(8-11)16(20)12-7-10(17(21)22)3-5-14(12)24-15/h3-8H,1-2H3,(H,21,22). The molecule has 0 saturated heterocycles. The van der Waals surface area contributed by atoms with Gasteiger partial charge in [-0.3, -0.25) is 9.59 Å². The van der Waals surface area contributed by atoms with E-state index in [1.165, 1.54) is 49.6 Å². The van der Waals surface area contributed by atoms with Crippen molar-refractivity contribution in [2.75, 3.05) is 6.26 Å². The number of hydrogen-bond donors (Lipinski definition) is 1. The van der Waals surface area contributed by atoms with Crippen molar-refractivity contribution in [3.63, 3.8) is 0 Å². The number of nitrogens with zero attached hydrogens (tertiary/aromatic N) is 1. The lowest BCUT2D eigenvalue weighted by Crippen LogP contribution is -2.06. The second-order valence-electron chi connectivity index (χ2n) is 5.52. The summed E-state index contributed by atoms with van der Waals surface area (Å²) in [4.78, 5) is 35.2. The van der Waals surface area contributed by atoms with Gasteiger partial charge in [0.2, 0.25) is 5.43 Å². The lowest BCUT2D eigenvalue weighted by Gasteiger charge is -2.06. The fourth-order valence-electron chi connectivity index (χ4n) is 2.50. The molecular formula is C17H13NO6S. The van der Waals surface area contributed by atoms with Gasteiger partial charge in [-0.15, -0.1) is 0 Å². The topological polar surface area (TPSA) is 114 Å². The number of carboxylic acid groups (broad SMARTS) is 1. The molecule has 0 aliphatic carbocycles. The smallest absolute Gasteiger partial charge is 0.335 e. The second-order valence-corrected chi connectivity index (χ2v) is 7.78. The quantitative estimate of drug-likeness (QED) is 0.704. The van der Waals surface area contributed by atoms with E-state index in [4.69, 9.17) is 9.52 Å². The summed E-state index contributed by atoms with van der Waals surface area (Å²) in [5, 5.41) is 9.31. The summed E-state index contributed by atoms with van der Waals surface area (Å²) in [7, 11) is -2.99. The molecule has 1 N–H and O–H groups in total. The zero-order valence-electron chi connectivity index (χ0n) is 13.3. The van der Waals surface area contributed by atoms with Gasteiger partial charge in [0.15, 0.2) is 0 Å². The minimum absolute atomic E-state index is 0.0406. The Bertz CT molecular complexity index is 1230. The molecule has 1 amide bonds. The molecule has 0 fully saturated rings. The number of rotatable bonds is 2. The summed E-state index contributed by atoms with van der Waals surface area (Å²) in [5.74, 6) is -1.74. The minimum atomic E-state index is -2.99. The number of carbonyl (C=O) groups is 2. The number of benzene rings is 2.